The molecule has 2 aromatic rings. The molecule has 2 fully saturated rings. The van der Waals surface area contributed by atoms with Gasteiger partial charge in [0.25, 0.3) is 0 Å². The molecule has 0 spiro atoms. The van der Waals surface area contributed by atoms with Gasteiger partial charge in [-0.2, -0.15) is 0 Å². The molecule has 4 heterocycles. The minimum absolute atomic E-state index is 0.155. The van der Waals surface area contributed by atoms with Gasteiger partial charge in [0.1, 0.15) is 11.6 Å². The Balaban J connectivity index is 1.62. The number of pyridine rings is 1. The molecule has 0 N–H and O–H groups in total. The van der Waals surface area contributed by atoms with Crippen molar-refractivity contribution in [1.29, 1.82) is 0 Å². The summed E-state index contributed by atoms with van der Waals surface area (Å²) in [4.78, 5) is 22.1. The Hall–Kier alpha value is -2.67. The van der Waals surface area contributed by atoms with Crippen molar-refractivity contribution in [1.82, 2.24) is 10.1 Å². The molecule has 7 heteroatoms. The standard InChI is InChI=1S/C21H26N4O3/c1-15-11-19(23-28-15)25-13-16(20(26)21(2,3)14-25)12-17-5-4-6-18(22-17)24-7-9-27-10-8-24/h4-6,11-12H,7-10,13-14H2,1-3H3/b16-12+. The maximum atomic E-state index is 13.0. The second-order valence-corrected chi connectivity index (χ2v) is 8.05. The number of aryl methyl sites for hydroxylation is 1. The van der Waals surface area contributed by atoms with Crippen LogP contribution in [-0.4, -0.2) is 55.3 Å². The van der Waals surface area contributed by atoms with Gasteiger partial charge in [0.05, 0.1) is 18.9 Å². The van der Waals surface area contributed by atoms with Crippen LogP contribution in [0.1, 0.15) is 25.3 Å². The van der Waals surface area contributed by atoms with Crippen molar-refractivity contribution in [3.8, 4) is 0 Å². The van der Waals surface area contributed by atoms with E-state index in [4.69, 9.17) is 14.2 Å². The number of hydrogen-bond acceptors (Lipinski definition) is 7. The van der Waals surface area contributed by atoms with Crippen LogP contribution in [0.5, 0.6) is 0 Å². The van der Waals surface area contributed by atoms with E-state index in [2.05, 4.69) is 15.0 Å². The fourth-order valence-electron chi connectivity index (χ4n) is 3.76. The van der Waals surface area contributed by atoms with Crippen LogP contribution in [0.2, 0.25) is 0 Å². The van der Waals surface area contributed by atoms with E-state index in [1.54, 1.807) is 0 Å². The molecule has 0 unspecified atom stereocenters. The van der Waals surface area contributed by atoms with Crippen molar-refractivity contribution in [2.45, 2.75) is 20.8 Å². The summed E-state index contributed by atoms with van der Waals surface area (Å²) in [7, 11) is 0. The normalized spacial score (nSPS) is 21.4. The summed E-state index contributed by atoms with van der Waals surface area (Å²) in [5.74, 6) is 2.60. The first-order valence-corrected chi connectivity index (χ1v) is 9.66. The van der Waals surface area contributed by atoms with E-state index in [0.717, 1.165) is 41.8 Å². The summed E-state index contributed by atoms with van der Waals surface area (Å²) in [5.41, 5.74) is 1.03. The van der Waals surface area contributed by atoms with Gasteiger partial charge in [-0.05, 0) is 25.1 Å². The molecule has 2 saturated heterocycles. The zero-order chi connectivity index (χ0) is 19.7. The van der Waals surface area contributed by atoms with E-state index in [9.17, 15) is 4.79 Å². The summed E-state index contributed by atoms with van der Waals surface area (Å²) in [6, 6.07) is 7.84. The monoisotopic (exact) mass is 382 g/mol. The third-order valence-electron chi connectivity index (χ3n) is 5.21. The smallest absolute Gasteiger partial charge is 0.172 e. The highest BCUT2D eigenvalue weighted by atomic mass is 16.5. The number of ether oxygens (including phenoxy) is 1. The molecule has 0 amide bonds. The van der Waals surface area contributed by atoms with Crippen molar-refractivity contribution >= 4 is 23.5 Å². The number of Topliss-reactive ketones (excluding diaryl/α,β-unsaturated/α-hetero) is 1. The summed E-state index contributed by atoms with van der Waals surface area (Å²) in [6.45, 7) is 10.0. The molecule has 2 aliphatic heterocycles. The number of morpholine rings is 1. The number of aromatic nitrogens is 2. The lowest BCUT2D eigenvalue weighted by atomic mass is 9.80. The first-order chi connectivity index (χ1) is 13.4. The van der Waals surface area contributed by atoms with Crippen molar-refractivity contribution in [2.75, 3.05) is 49.2 Å². The third kappa shape index (κ3) is 3.80. The van der Waals surface area contributed by atoms with Crippen LogP contribution in [0.15, 0.2) is 34.4 Å². The molecule has 0 bridgehead atoms. The highest BCUT2D eigenvalue weighted by Crippen LogP contribution is 2.32. The van der Waals surface area contributed by atoms with Crippen molar-refractivity contribution in [3.05, 3.63) is 41.3 Å². The number of carbonyl (C=O) groups is 1. The maximum absolute atomic E-state index is 13.0. The second-order valence-electron chi connectivity index (χ2n) is 8.05. The van der Waals surface area contributed by atoms with Crippen LogP contribution >= 0.6 is 0 Å². The van der Waals surface area contributed by atoms with Gasteiger partial charge in [-0.3, -0.25) is 4.79 Å². The summed E-state index contributed by atoms with van der Waals surface area (Å²) >= 11 is 0. The topological polar surface area (TPSA) is 71.7 Å². The van der Waals surface area contributed by atoms with E-state index in [-0.39, 0.29) is 5.78 Å². The number of ketones is 1. The van der Waals surface area contributed by atoms with E-state index >= 15 is 0 Å². The Morgan fingerprint density at radius 3 is 2.64 bits per heavy atom. The summed E-state index contributed by atoms with van der Waals surface area (Å²) in [6.07, 6.45) is 1.91. The van der Waals surface area contributed by atoms with Gasteiger partial charge in [-0.25, -0.2) is 4.98 Å². The van der Waals surface area contributed by atoms with E-state index in [1.807, 2.05) is 51.1 Å². The minimum atomic E-state index is -0.501. The first kappa shape index (κ1) is 18.7. The Morgan fingerprint density at radius 1 is 1.14 bits per heavy atom. The number of piperidine rings is 1. The second kappa shape index (κ2) is 7.39. The Labute approximate surface area is 165 Å². The highest BCUT2D eigenvalue weighted by molar-refractivity contribution is 6.05. The number of nitrogens with zero attached hydrogens (tertiary/aromatic N) is 4. The van der Waals surface area contributed by atoms with Crippen LogP contribution < -0.4 is 9.80 Å². The van der Waals surface area contributed by atoms with E-state index < -0.39 is 5.41 Å². The molecule has 148 valence electrons. The zero-order valence-electron chi connectivity index (χ0n) is 16.6. The van der Waals surface area contributed by atoms with Crippen molar-refractivity contribution in [2.24, 2.45) is 5.41 Å². The lowest BCUT2D eigenvalue weighted by Gasteiger charge is -2.38. The average molecular weight is 382 g/mol. The fraction of sp³-hybridized carbons (Fsp3) is 0.476. The number of anilines is 2. The first-order valence-electron chi connectivity index (χ1n) is 9.66. The lowest BCUT2D eigenvalue weighted by Crippen LogP contribution is -2.48. The predicted octanol–water partition coefficient (Wildman–Crippen LogP) is 2.71. The van der Waals surface area contributed by atoms with Crippen molar-refractivity contribution in [3.63, 3.8) is 0 Å². The molecule has 28 heavy (non-hydrogen) atoms. The van der Waals surface area contributed by atoms with Gasteiger partial charge in [0.15, 0.2) is 11.6 Å². The summed E-state index contributed by atoms with van der Waals surface area (Å²) in [5, 5.41) is 4.13. The van der Waals surface area contributed by atoms with Crippen LogP contribution in [0.25, 0.3) is 6.08 Å². The Kier molecular flexibility index (Phi) is 4.93. The average Bonchev–Trinajstić information content (AvgIpc) is 3.12. The predicted molar refractivity (Wildman–Crippen MR) is 107 cm³/mol. The van der Waals surface area contributed by atoms with Crippen molar-refractivity contribution < 1.29 is 14.1 Å². The quantitative estimate of drug-likeness (QED) is 0.756. The van der Waals surface area contributed by atoms with Crippen LogP contribution in [0, 0.1) is 12.3 Å². The lowest BCUT2D eigenvalue weighted by molar-refractivity contribution is -0.123. The van der Waals surface area contributed by atoms with E-state index in [0.29, 0.717) is 26.3 Å². The van der Waals surface area contributed by atoms with Crippen LogP contribution in [-0.2, 0) is 9.53 Å². The molecular weight excluding hydrogens is 356 g/mol. The Morgan fingerprint density at radius 2 is 1.93 bits per heavy atom. The number of carbonyl (C=O) groups excluding carboxylic acids is 1. The molecular formula is C21H26N4O3. The van der Waals surface area contributed by atoms with Crippen LogP contribution in [0.3, 0.4) is 0 Å². The molecule has 0 aliphatic carbocycles. The van der Waals surface area contributed by atoms with Gasteiger partial charge in [-0.1, -0.05) is 25.1 Å². The fourth-order valence-corrected chi connectivity index (χ4v) is 3.76. The molecule has 0 aromatic carbocycles. The maximum Gasteiger partial charge on any atom is 0.172 e. The molecule has 7 nitrogen and oxygen atoms in total. The SMILES string of the molecule is Cc1cc(N2C/C(=C\c3cccc(N4CCOCC4)n3)C(=O)C(C)(C)C2)no1. The van der Waals surface area contributed by atoms with Gasteiger partial charge < -0.3 is 19.1 Å². The molecule has 0 saturated carbocycles. The van der Waals surface area contributed by atoms with Gasteiger partial charge in [-0.15, -0.1) is 0 Å². The molecule has 0 radical (unpaired) electrons. The molecule has 0 atom stereocenters. The van der Waals surface area contributed by atoms with Gasteiger partial charge in [0.2, 0.25) is 0 Å². The number of hydrogen-bond donors (Lipinski definition) is 0. The largest absolute Gasteiger partial charge is 0.378 e. The van der Waals surface area contributed by atoms with Crippen LogP contribution in [0.4, 0.5) is 11.6 Å². The van der Waals surface area contributed by atoms with Gasteiger partial charge >= 0.3 is 0 Å². The molecule has 4 rings (SSSR count). The highest BCUT2D eigenvalue weighted by Gasteiger charge is 2.38. The third-order valence-corrected chi connectivity index (χ3v) is 5.21. The number of rotatable bonds is 3. The molecule has 2 aliphatic rings. The molecule has 2 aromatic heterocycles. The minimum Gasteiger partial charge on any atom is -0.378 e. The zero-order valence-corrected chi connectivity index (χ0v) is 16.6. The van der Waals surface area contributed by atoms with Gasteiger partial charge in [0, 0.05) is 43.2 Å². The van der Waals surface area contributed by atoms with E-state index in [1.165, 1.54) is 0 Å². The summed E-state index contributed by atoms with van der Waals surface area (Å²) < 4.78 is 10.6. The Bertz CT molecular complexity index is 897.